The number of hydrogen-bond acceptors (Lipinski definition) is 5. The van der Waals surface area contributed by atoms with Gasteiger partial charge < -0.3 is 16.0 Å². The second-order valence-corrected chi connectivity index (χ2v) is 6.55. The highest BCUT2D eigenvalue weighted by Crippen LogP contribution is 2.28. The first-order valence-corrected chi connectivity index (χ1v) is 9.46. The molecule has 0 saturated carbocycles. The van der Waals surface area contributed by atoms with Gasteiger partial charge in [-0.25, -0.2) is 4.39 Å². The molecule has 4 nitrogen and oxygen atoms in total. The first kappa shape index (κ1) is 21.4. The maximum absolute atomic E-state index is 12.9. The highest BCUT2D eigenvalue weighted by Gasteiger charge is 2.25. The lowest BCUT2D eigenvalue weighted by Gasteiger charge is -2.33. The van der Waals surface area contributed by atoms with E-state index in [1.165, 1.54) is 6.92 Å². The van der Waals surface area contributed by atoms with Crippen molar-refractivity contribution in [2.45, 2.75) is 46.7 Å². The van der Waals surface area contributed by atoms with Gasteiger partial charge in [0.1, 0.15) is 12.0 Å². The summed E-state index contributed by atoms with van der Waals surface area (Å²) in [5, 5.41) is 10.3. The largest absolute Gasteiger partial charge is 0.316 e. The molecule has 0 aromatic rings. The average molecular weight is 365 g/mol. The van der Waals surface area contributed by atoms with Crippen molar-refractivity contribution in [2.24, 2.45) is 10.7 Å². The summed E-state index contributed by atoms with van der Waals surface area (Å²) in [5.74, 6) is 0.850. The second-order valence-electron chi connectivity index (χ2n) is 5.60. The van der Waals surface area contributed by atoms with E-state index in [4.69, 9.17) is 11.1 Å². The van der Waals surface area contributed by atoms with Crippen molar-refractivity contribution in [3.63, 3.8) is 0 Å². The van der Waals surface area contributed by atoms with E-state index in [9.17, 15) is 4.39 Å². The van der Waals surface area contributed by atoms with Crippen LogP contribution in [-0.2, 0) is 0 Å². The molecular formula is C19H29FN4S. The zero-order valence-corrected chi connectivity index (χ0v) is 16.4. The number of nitrogens with two attached hydrogens (primary N) is 1. The minimum atomic E-state index is -0.902. The van der Waals surface area contributed by atoms with Crippen molar-refractivity contribution < 1.29 is 4.39 Å². The standard InChI is InChI=1S/C19H29FN4S/c1-5-11-25-18(7-3)19-23-12-15(17(6-2)24(19)13-21)16(22)10-8-9-14(4)20/h5,7-8,10-11,14,22H,6,9,12-13,21H2,1-4H3/b10-8-,11-5-,18-7?,22-16?. The van der Waals surface area contributed by atoms with Crippen molar-refractivity contribution in [3.05, 3.63) is 45.9 Å². The van der Waals surface area contributed by atoms with E-state index in [1.807, 2.05) is 36.3 Å². The van der Waals surface area contributed by atoms with Crippen LogP contribution in [0.15, 0.2) is 50.9 Å². The molecule has 0 bridgehead atoms. The van der Waals surface area contributed by atoms with Crippen LogP contribution in [0.5, 0.6) is 0 Å². The van der Waals surface area contributed by atoms with Gasteiger partial charge in [-0.1, -0.05) is 36.9 Å². The van der Waals surface area contributed by atoms with Crippen LogP contribution in [0, 0.1) is 5.41 Å². The van der Waals surface area contributed by atoms with Crippen LogP contribution in [0.2, 0.25) is 0 Å². The number of hydrogen-bond donors (Lipinski definition) is 2. The Bertz CT molecular complexity index is 615. The van der Waals surface area contributed by atoms with Gasteiger partial charge in [0.25, 0.3) is 0 Å². The van der Waals surface area contributed by atoms with Crippen molar-refractivity contribution in [1.82, 2.24) is 4.90 Å². The van der Waals surface area contributed by atoms with Gasteiger partial charge >= 0.3 is 0 Å². The zero-order chi connectivity index (χ0) is 18.8. The molecule has 1 atom stereocenters. The Morgan fingerprint density at radius 1 is 1.48 bits per heavy atom. The molecule has 0 radical (unpaired) electrons. The number of nitrogens with zero attached hydrogens (tertiary/aromatic N) is 2. The van der Waals surface area contributed by atoms with E-state index in [-0.39, 0.29) is 0 Å². The van der Waals surface area contributed by atoms with Crippen LogP contribution in [0.3, 0.4) is 0 Å². The number of amidine groups is 1. The quantitative estimate of drug-likeness (QED) is 0.579. The zero-order valence-electron chi connectivity index (χ0n) is 15.6. The summed E-state index contributed by atoms with van der Waals surface area (Å²) in [6, 6.07) is 0. The van der Waals surface area contributed by atoms with Crippen LogP contribution in [-0.4, -0.2) is 35.8 Å². The number of nitrogens with one attached hydrogen (secondary N) is 1. The molecule has 1 unspecified atom stereocenters. The molecule has 6 heteroatoms. The first-order chi connectivity index (χ1) is 12.0. The first-order valence-electron chi connectivity index (χ1n) is 8.58. The highest BCUT2D eigenvalue weighted by molar-refractivity contribution is 8.06. The third-order valence-corrected chi connectivity index (χ3v) is 4.80. The molecule has 138 valence electrons. The Labute approximate surface area is 155 Å². The Morgan fingerprint density at radius 2 is 2.20 bits per heavy atom. The molecule has 1 aliphatic rings. The summed E-state index contributed by atoms with van der Waals surface area (Å²) in [7, 11) is 0. The molecule has 0 aromatic carbocycles. The topological polar surface area (TPSA) is 65.5 Å². The molecule has 0 amide bonds. The predicted octanol–water partition coefficient (Wildman–Crippen LogP) is 4.78. The lowest BCUT2D eigenvalue weighted by Crippen LogP contribution is -2.40. The summed E-state index contributed by atoms with van der Waals surface area (Å²) in [6.45, 7) is 8.27. The predicted molar refractivity (Wildman–Crippen MR) is 109 cm³/mol. The van der Waals surface area contributed by atoms with E-state index in [0.717, 1.165) is 28.4 Å². The summed E-state index contributed by atoms with van der Waals surface area (Å²) in [5.41, 5.74) is 8.24. The fourth-order valence-corrected chi connectivity index (χ4v) is 3.24. The molecule has 3 N–H and O–H groups in total. The highest BCUT2D eigenvalue weighted by atomic mass is 32.2. The Kier molecular flexibility index (Phi) is 9.45. The van der Waals surface area contributed by atoms with Crippen LogP contribution >= 0.6 is 11.8 Å². The monoisotopic (exact) mass is 364 g/mol. The molecule has 0 saturated heterocycles. The molecule has 1 aliphatic heterocycles. The maximum Gasteiger partial charge on any atom is 0.143 e. The van der Waals surface area contributed by atoms with Gasteiger partial charge in [0.2, 0.25) is 0 Å². The summed E-state index contributed by atoms with van der Waals surface area (Å²) in [6.07, 6.45) is 7.56. The van der Waals surface area contributed by atoms with Gasteiger partial charge in [-0.3, -0.25) is 4.99 Å². The van der Waals surface area contributed by atoms with Crippen LogP contribution < -0.4 is 5.73 Å². The minimum Gasteiger partial charge on any atom is -0.316 e. The third kappa shape index (κ3) is 5.97. The molecule has 1 heterocycles. The van der Waals surface area contributed by atoms with Gasteiger partial charge in [0.15, 0.2) is 0 Å². The fourth-order valence-electron chi connectivity index (χ4n) is 2.54. The van der Waals surface area contributed by atoms with Crippen molar-refractivity contribution in [2.75, 3.05) is 13.2 Å². The number of halogens is 1. The normalized spacial score (nSPS) is 17.6. The van der Waals surface area contributed by atoms with Crippen molar-refractivity contribution in [1.29, 1.82) is 5.41 Å². The van der Waals surface area contributed by atoms with E-state index in [0.29, 0.717) is 25.3 Å². The number of alkyl halides is 1. The summed E-state index contributed by atoms with van der Waals surface area (Å²) < 4.78 is 12.9. The lowest BCUT2D eigenvalue weighted by atomic mass is 10.0. The molecule has 0 fully saturated rings. The minimum absolute atomic E-state index is 0.303. The third-order valence-electron chi connectivity index (χ3n) is 3.72. The van der Waals surface area contributed by atoms with E-state index in [2.05, 4.69) is 11.9 Å². The van der Waals surface area contributed by atoms with Gasteiger partial charge in [-0.05, 0) is 45.1 Å². The smallest absolute Gasteiger partial charge is 0.143 e. The SMILES string of the molecule is CC=C(S/C=C\C)C1=NCC(C(=N)/C=C\CC(C)F)=C(CC)N1CN. The molecule has 25 heavy (non-hydrogen) atoms. The van der Waals surface area contributed by atoms with Gasteiger partial charge in [0.05, 0.1) is 18.9 Å². The fraction of sp³-hybridized carbons (Fsp3) is 0.474. The molecule has 0 aliphatic carbocycles. The van der Waals surface area contributed by atoms with E-state index in [1.54, 1.807) is 23.9 Å². The molecule has 0 spiro atoms. The lowest BCUT2D eigenvalue weighted by molar-refractivity contribution is 0.365. The molecule has 0 aromatic heterocycles. The molecular weight excluding hydrogens is 335 g/mol. The summed E-state index contributed by atoms with van der Waals surface area (Å²) >= 11 is 1.61. The maximum atomic E-state index is 12.9. The van der Waals surface area contributed by atoms with Gasteiger partial charge in [-0.2, -0.15) is 0 Å². The van der Waals surface area contributed by atoms with Gasteiger partial charge in [-0.15, -0.1) is 0 Å². The Morgan fingerprint density at radius 3 is 2.72 bits per heavy atom. The van der Waals surface area contributed by atoms with Crippen molar-refractivity contribution in [3.8, 4) is 0 Å². The Hall–Kier alpha value is -1.66. The van der Waals surface area contributed by atoms with Crippen molar-refractivity contribution >= 4 is 23.3 Å². The van der Waals surface area contributed by atoms with Crippen LogP contribution in [0.4, 0.5) is 4.39 Å². The Balaban J connectivity index is 3.11. The average Bonchev–Trinajstić information content (AvgIpc) is 2.60. The van der Waals surface area contributed by atoms with Gasteiger partial charge in [0, 0.05) is 16.2 Å². The summed E-state index contributed by atoms with van der Waals surface area (Å²) in [4.78, 5) is 7.70. The number of thioether (sulfide) groups is 1. The molecule has 1 rings (SSSR count). The van der Waals surface area contributed by atoms with Crippen LogP contribution in [0.25, 0.3) is 0 Å². The van der Waals surface area contributed by atoms with E-state index < -0.39 is 6.17 Å². The number of allylic oxidation sites excluding steroid dienone is 5. The van der Waals surface area contributed by atoms with Crippen LogP contribution in [0.1, 0.15) is 40.5 Å². The number of aliphatic imine (C=N–C) groups is 1. The number of rotatable bonds is 9. The van der Waals surface area contributed by atoms with E-state index >= 15 is 0 Å². The second kappa shape index (κ2) is 11.1.